The van der Waals surface area contributed by atoms with E-state index in [1.54, 1.807) is 11.6 Å². The van der Waals surface area contributed by atoms with Crippen molar-refractivity contribution in [3.8, 4) is 5.75 Å². The second kappa shape index (κ2) is 9.80. The van der Waals surface area contributed by atoms with Gasteiger partial charge in [0.15, 0.2) is 11.2 Å². The summed E-state index contributed by atoms with van der Waals surface area (Å²) >= 11 is 0. The zero-order valence-electron chi connectivity index (χ0n) is 18.4. The molecule has 0 fully saturated rings. The molecule has 2 aromatic heterocycles. The van der Waals surface area contributed by atoms with Gasteiger partial charge in [0.1, 0.15) is 18.5 Å². The third-order valence-electron chi connectivity index (χ3n) is 5.02. The smallest absolute Gasteiger partial charge is 0.329 e. The predicted octanol–water partition coefficient (Wildman–Crippen LogP) is 0.399. The Balaban J connectivity index is 1.83. The first-order valence-electron chi connectivity index (χ1n) is 10.3. The Morgan fingerprint density at radius 3 is 2.61 bits per heavy atom. The molecule has 0 bridgehead atoms. The normalized spacial score (nSPS) is 12.5. The molecule has 0 aliphatic heterocycles. The highest BCUT2D eigenvalue weighted by molar-refractivity contribution is 5.74. The van der Waals surface area contributed by atoms with Crippen LogP contribution in [0.1, 0.15) is 12.5 Å². The molecule has 0 aliphatic carbocycles. The number of hydrogen-bond donors (Lipinski definition) is 3. The predicted molar refractivity (Wildman–Crippen MR) is 120 cm³/mol. The number of ether oxygens (including phenoxy) is 1. The number of aromatic nitrogens is 4. The van der Waals surface area contributed by atoms with E-state index in [0.717, 1.165) is 13.0 Å². The lowest BCUT2D eigenvalue weighted by molar-refractivity contribution is 0.0938. The van der Waals surface area contributed by atoms with Crippen molar-refractivity contribution in [2.75, 3.05) is 39.1 Å². The molecule has 10 heteroatoms. The third kappa shape index (κ3) is 5.33. The second-order valence-electron chi connectivity index (χ2n) is 7.73. The van der Waals surface area contributed by atoms with Crippen LogP contribution in [0.25, 0.3) is 11.2 Å². The van der Waals surface area contributed by atoms with Crippen molar-refractivity contribution < 1.29 is 9.84 Å². The zero-order chi connectivity index (χ0) is 22.5. The minimum Gasteiger partial charge on any atom is -0.491 e. The van der Waals surface area contributed by atoms with E-state index in [-0.39, 0.29) is 24.3 Å². The van der Waals surface area contributed by atoms with Gasteiger partial charge < -0.3 is 24.6 Å². The van der Waals surface area contributed by atoms with Gasteiger partial charge in [-0.05, 0) is 38.2 Å². The van der Waals surface area contributed by atoms with Crippen LogP contribution in [0.4, 0.5) is 5.95 Å². The summed E-state index contributed by atoms with van der Waals surface area (Å²) in [7, 11) is 5.45. The Morgan fingerprint density at radius 2 is 1.97 bits per heavy atom. The Bertz CT molecular complexity index is 1130. The Hall–Kier alpha value is -3.11. The maximum absolute atomic E-state index is 12.5. The first kappa shape index (κ1) is 22.6. The van der Waals surface area contributed by atoms with Crippen LogP contribution in [0.5, 0.6) is 5.75 Å². The number of nitrogens with one attached hydrogen (secondary N) is 2. The first-order valence-corrected chi connectivity index (χ1v) is 10.3. The Labute approximate surface area is 180 Å². The van der Waals surface area contributed by atoms with Gasteiger partial charge in [0, 0.05) is 20.1 Å². The van der Waals surface area contributed by atoms with E-state index in [4.69, 9.17) is 4.74 Å². The van der Waals surface area contributed by atoms with Crippen LogP contribution in [0.15, 0.2) is 33.9 Å². The molecule has 0 spiro atoms. The van der Waals surface area contributed by atoms with Crippen molar-refractivity contribution in [2.24, 2.45) is 7.05 Å². The van der Waals surface area contributed by atoms with Gasteiger partial charge in [0.25, 0.3) is 5.56 Å². The van der Waals surface area contributed by atoms with Gasteiger partial charge in [-0.1, -0.05) is 19.1 Å². The average molecular weight is 431 g/mol. The fourth-order valence-corrected chi connectivity index (χ4v) is 3.22. The molecular weight excluding hydrogens is 400 g/mol. The van der Waals surface area contributed by atoms with E-state index in [0.29, 0.717) is 18.2 Å². The fourth-order valence-electron chi connectivity index (χ4n) is 3.22. The number of nitrogens with zero attached hydrogens (tertiary/aromatic N) is 4. The summed E-state index contributed by atoms with van der Waals surface area (Å²) < 4.78 is 8.58. The Kier molecular flexibility index (Phi) is 7.13. The molecule has 10 nitrogen and oxygen atoms in total. The van der Waals surface area contributed by atoms with Crippen LogP contribution in [0.3, 0.4) is 0 Å². The minimum absolute atomic E-state index is 0.0476. The number of benzene rings is 1. The largest absolute Gasteiger partial charge is 0.491 e. The summed E-state index contributed by atoms with van der Waals surface area (Å²) in [5.41, 5.74) is 0.595. The molecule has 0 saturated heterocycles. The number of aryl methyl sites for hydroxylation is 2. The van der Waals surface area contributed by atoms with Crippen molar-refractivity contribution in [3.05, 3.63) is 50.7 Å². The SMILES string of the molecule is CCc1ccc(OC[C@@H](O)Cn2c(NCCN(C)C)nc3c2c(=O)[nH]c(=O)n3C)cc1. The van der Waals surface area contributed by atoms with Crippen LogP contribution in [-0.4, -0.2) is 69.0 Å². The van der Waals surface area contributed by atoms with Crippen LogP contribution in [0, 0.1) is 0 Å². The van der Waals surface area contributed by atoms with Crippen molar-refractivity contribution in [1.82, 2.24) is 24.0 Å². The lowest BCUT2D eigenvalue weighted by Crippen LogP contribution is -2.31. The van der Waals surface area contributed by atoms with E-state index >= 15 is 0 Å². The summed E-state index contributed by atoms with van der Waals surface area (Å²) in [6, 6.07) is 7.70. The number of H-pyrrole nitrogens is 1. The van der Waals surface area contributed by atoms with Crippen LogP contribution < -0.4 is 21.3 Å². The lowest BCUT2D eigenvalue weighted by atomic mass is 10.2. The quantitative estimate of drug-likeness (QED) is 0.426. The standard InChI is InChI=1S/C21H30N6O4/c1-5-14-6-8-16(9-7-14)31-13-15(28)12-27-17-18(26(4)21(30)24-19(17)29)23-20(27)22-10-11-25(2)3/h6-9,15,28H,5,10-13H2,1-4H3,(H,22,23)(H,24,29,30)/t15-/m0/s1. The lowest BCUT2D eigenvalue weighted by Gasteiger charge is -2.16. The van der Waals surface area contributed by atoms with Gasteiger partial charge in [-0.3, -0.25) is 14.3 Å². The third-order valence-corrected chi connectivity index (χ3v) is 5.02. The molecular formula is C21H30N6O4. The molecule has 0 aliphatic rings. The van der Waals surface area contributed by atoms with E-state index in [9.17, 15) is 14.7 Å². The molecule has 3 N–H and O–H groups in total. The van der Waals surface area contributed by atoms with Gasteiger partial charge >= 0.3 is 5.69 Å². The van der Waals surface area contributed by atoms with Crippen LogP contribution in [0.2, 0.25) is 0 Å². The average Bonchev–Trinajstić information content (AvgIpc) is 3.09. The zero-order valence-corrected chi connectivity index (χ0v) is 18.4. The topological polar surface area (TPSA) is 117 Å². The van der Waals surface area contributed by atoms with Gasteiger partial charge in [-0.25, -0.2) is 4.79 Å². The number of likely N-dealkylation sites (N-methyl/N-ethyl adjacent to an activating group) is 1. The van der Waals surface area contributed by atoms with Gasteiger partial charge in [0.2, 0.25) is 5.95 Å². The number of fused-ring (bicyclic) bond motifs is 1. The molecule has 0 amide bonds. The summed E-state index contributed by atoms with van der Waals surface area (Å²) in [5, 5.41) is 13.8. The molecule has 168 valence electrons. The number of anilines is 1. The molecule has 0 unspecified atom stereocenters. The summed E-state index contributed by atoms with van der Waals surface area (Å²) in [4.78, 5) is 33.2. The molecule has 0 radical (unpaired) electrons. The van der Waals surface area contributed by atoms with E-state index in [2.05, 4.69) is 22.2 Å². The molecule has 2 heterocycles. The number of hydrogen-bond acceptors (Lipinski definition) is 7. The molecule has 3 aromatic rings. The van der Waals surface area contributed by atoms with Crippen LogP contribution in [-0.2, 0) is 20.0 Å². The number of aliphatic hydroxyl groups excluding tert-OH is 1. The molecule has 1 atom stereocenters. The van der Waals surface area contributed by atoms with Gasteiger partial charge in [-0.2, -0.15) is 4.98 Å². The second-order valence-corrected chi connectivity index (χ2v) is 7.73. The number of imidazole rings is 1. The molecule has 31 heavy (non-hydrogen) atoms. The van der Waals surface area contributed by atoms with Crippen molar-refractivity contribution >= 4 is 17.1 Å². The Morgan fingerprint density at radius 1 is 1.26 bits per heavy atom. The maximum Gasteiger partial charge on any atom is 0.329 e. The number of aromatic amines is 1. The van der Waals surface area contributed by atoms with Crippen molar-refractivity contribution in [2.45, 2.75) is 26.0 Å². The molecule has 1 aromatic carbocycles. The fraction of sp³-hybridized carbons (Fsp3) is 0.476. The van der Waals surface area contributed by atoms with E-state index < -0.39 is 17.4 Å². The first-order chi connectivity index (χ1) is 14.8. The molecule has 3 rings (SSSR count). The van der Waals surface area contributed by atoms with Gasteiger partial charge in [-0.15, -0.1) is 0 Å². The summed E-state index contributed by atoms with van der Waals surface area (Å²) in [5.74, 6) is 1.08. The highest BCUT2D eigenvalue weighted by Crippen LogP contribution is 2.17. The maximum atomic E-state index is 12.5. The summed E-state index contributed by atoms with van der Waals surface area (Å²) in [6.07, 6.45) is 0.0475. The van der Waals surface area contributed by atoms with Crippen molar-refractivity contribution in [1.29, 1.82) is 0 Å². The monoisotopic (exact) mass is 430 g/mol. The summed E-state index contributed by atoms with van der Waals surface area (Å²) in [6.45, 7) is 3.54. The molecule has 0 saturated carbocycles. The van der Waals surface area contributed by atoms with Gasteiger partial charge in [0.05, 0.1) is 6.54 Å². The number of rotatable bonds is 10. The highest BCUT2D eigenvalue weighted by Gasteiger charge is 2.20. The highest BCUT2D eigenvalue weighted by atomic mass is 16.5. The van der Waals surface area contributed by atoms with Crippen molar-refractivity contribution in [3.63, 3.8) is 0 Å². The minimum atomic E-state index is -0.894. The van der Waals surface area contributed by atoms with E-state index in [1.807, 2.05) is 43.3 Å². The number of aliphatic hydroxyl groups is 1. The van der Waals surface area contributed by atoms with E-state index in [1.165, 1.54) is 10.1 Å². The van der Waals surface area contributed by atoms with Crippen LogP contribution >= 0.6 is 0 Å².